The summed E-state index contributed by atoms with van der Waals surface area (Å²) in [7, 11) is 0. The lowest BCUT2D eigenvalue weighted by Crippen LogP contribution is -2.30. The SMILES string of the molecule is Cc1ccc(NC(=O)COC(=O)[C@H]2CCCC[C@H]2c2nc3ccccc3s2)cc1C. The number of benzene rings is 2. The standard InChI is InChI=1S/C24H26N2O3S/c1-15-11-12-17(13-16(15)2)25-22(27)14-29-24(28)19-8-4-3-7-18(19)23-26-20-9-5-6-10-21(20)30-23/h5-6,9-13,18-19H,3-4,7-8,14H2,1-2H3,(H,25,27)/t18-,19+/m1/s1. The highest BCUT2D eigenvalue weighted by Crippen LogP contribution is 2.41. The second-order valence-electron chi connectivity index (χ2n) is 7.97. The van der Waals surface area contributed by atoms with Gasteiger partial charge in [-0.05, 0) is 62.1 Å². The summed E-state index contributed by atoms with van der Waals surface area (Å²) in [5, 5.41) is 3.80. The minimum Gasteiger partial charge on any atom is -0.455 e. The Morgan fingerprint density at radius 2 is 1.90 bits per heavy atom. The van der Waals surface area contributed by atoms with Crippen molar-refractivity contribution in [1.82, 2.24) is 4.98 Å². The number of para-hydroxylation sites is 1. The van der Waals surface area contributed by atoms with Crippen LogP contribution in [-0.4, -0.2) is 23.5 Å². The fraction of sp³-hybridized carbons (Fsp3) is 0.375. The van der Waals surface area contributed by atoms with Crippen molar-refractivity contribution in [2.45, 2.75) is 45.4 Å². The van der Waals surface area contributed by atoms with E-state index in [-0.39, 0.29) is 30.3 Å². The zero-order valence-electron chi connectivity index (χ0n) is 17.3. The largest absolute Gasteiger partial charge is 0.455 e. The van der Waals surface area contributed by atoms with Crippen molar-refractivity contribution in [3.05, 3.63) is 58.6 Å². The second-order valence-corrected chi connectivity index (χ2v) is 9.03. The fourth-order valence-corrected chi connectivity index (χ4v) is 5.18. The number of nitrogens with zero attached hydrogens (tertiary/aromatic N) is 1. The van der Waals surface area contributed by atoms with Crippen LogP contribution < -0.4 is 5.32 Å². The van der Waals surface area contributed by atoms with E-state index in [2.05, 4.69) is 11.4 Å². The van der Waals surface area contributed by atoms with E-state index in [0.717, 1.165) is 52.0 Å². The van der Waals surface area contributed by atoms with Gasteiger partial charge >= 0.3 is 5.97 Å². The van der Waals surface area contributed by atoms with E-state index in [4.69, 9.17) is 9.72 Å². The average Bonchev–Trinajstić information content (AvgIpc) is 3.19. The Kier molecular flexibility index (Phi) is 6.13. The van der Waals surface area contributed by atoms with Crippen LogP contribution in [0.25, 0.3) is 10.2 Å². The number of anilines is 1. The number of carbonyl (C=O) groups excluding carboxylic acids is 2. The van der Waals surface area contributed by atoms with Crippen molar-refractivity contribution in [2.75, 3.05) is 11.9 Å². The average molecular weight is 423 g/mol. The summed E-state index contributed by atoms with van der Waals surface area (Å²) in [6, 6.07) is 13.8. The highest BCUT2D eigenvalue weighted by Gasteiger charge is 2.35. The quantitative estimate of drug-likeness (QED) is 0.561. The molecule has 1 aliphatic rings. The summed E-state index contributed by atoms with van der Waals surface area (Å²) >= 11 is 1.66. The number of hydrogen-bond donors (Lipinski definition) is 1. The number of amides is 1. The molecule has 3 aromatic rings. The van der Waals surface area contributed by atoms with Gasteiger partial charge in [-0.2, -0.15) is 0 Å². The van der Waals surface area contributed by atoms with Crippen LogP contribution in [0.15, 0.2) is 42.5 Å². The molecule has 6 heteroatoms. The number of rotatable bonds is 5. The van der Waals surface area contributed by atoms with Gasteiger partial charge < -0.3 is 10.1 Å². The first kappa shape index (κ1) is 20.5. The number of aryl methyl sites for hydroxylation is 2. The predicted octanol–water partition coefficient (Wildman–Crippen LogP) is 5.37. The summed E-state index contributed by atoms with van der Waals surface area (Å²) < 4.78 is 6.56. The Morgan fingerprint density at radius 3 is 2.70 bits per heavy atom. The van der Waals surface area contributed by atoms with E-state index in [1.54, 1.807) is 11.3 Å². The Labute approximate surface area is 180 Å². The number of fused-ring (bicyclic) bond motifs is 1. The number of nitrogens with one attached hydrogen (secondary N) is 1. The molecule has 1 heterocycles. The van der Waals surface area contributed by atoms with Crippen LogP contribution in [0, 0.1) is 19.8 Å². The molecule has 0 saturated heterocycles. The molecule has 1 saturated carbocycles. The van der Waals surface area contributed by atoms with Crippen molar-refractivity contribution in [2.24, 2.45) is 5.92 Å². The molecule has 1 fully saturated rings. The van der Waals surface area contributed by atoms with Crippen LogP contribution in [0.3, 0.4) is 0 Å². The lowest BCUT2D eigenvalue weighted by Gasteiger charge is -2.28. The number of ether oxygens (including phenoxy) is 1. The van der Waals surface area contributed by atoms with E-state index in [1.807, 2.05) is 50.2 Å². The zero-order chi connectivity index (χ0) is 21.1. The summed E-state index contributed by atoms with van der Waals surface area (Å²) in [5.74, 6) is -0.798. The Balaban J connectivity index is 1.39. The van der Waals surface area contributed by atoms with Crippen LogP contribution >= 0.6 is 11.3 Å². The smallest absolute Gasteiger partial charge is 0.310 e. The van der Waals surface area contributed by atoms with E-state index in [0.29, 0.717) is 5.69 Å². The van der Waals surface area contributed by atoms with E-state index in [1.165, 1.54) is 0 Å². The number of hydrogen-bond acceptors (Lipinski definition) is 5. The number of esters is 1. The summed E-state index contributed by atoms with van der Waals surface area (Å²) in [6.07, 6.45) is 3.78. The third-order valence-electron chi connectivity index (χ3n) is 5.83. The zero-order valence-corrected chi connectivity index (χ0v) is 18.1. The van der Waals surface area contributed by atoms with Crippen LogP contribution in [0.5, 0.6) is 0 Å². The van der Waals surface area contributed by atoms with Crippen molar-refractivity contribution in [3.63, 3.8) is 0 Å². The lowest BCUT2D eigenvalue weighted by molar-refractivity contribution is -0.153. The maximum Gasteiger partial charge on any atom is 0.310 e. The van der Waals surface area contributed by atoms with Crippen LogP contribution in [0.2, 0.25) is 0 Å². The van der Waals surface area contributed by atoms with Gasteiger partial charge in [0.05, 0.1) is 21.1 Å². The number of thiazole rings is 1. The second kappa shape index (κ2) is 8.96. The van der Waals surface area contributed by atoms with Gasteiger partial charge in [-0.3, -0.25) is 9.59 Å². The van der Waals surface area contributed by atoms with Crippen molar-refractivity contribution in [3.8, 4) is 0 Å². The molecule has 1 N–H and O–H groups in total. The molecule has 1 aliphatic carbocycles. The number of aromatic nitrogens is 1. The van der Waals surface area contributed by atoms with Crippen molar-refractivity contribution in [1.29, 1.82) is 0 Å². The van der Waals surface area contributed by atoms with Gasteiger partial charge in [0.1, 0.15) is 0 Å². The van der Waals surface area contributed by atoms with Crippen LogP contribution in [0.1, 0.15) is 47.7 Å². The Hall–Kier alpha value is -2.73. The van der Waals surface area contributed by atoms with Gasteiger partial charge in [-0.25, -0.2) is 4.98 Å². The molecule has 0 aliphatic heterocycles. The Bertz CT molecular complexity index is 1040. The lowest BCUT2D eigenvalue weighted by atomic mass is 9.79. The molecule has 0 radical (unpaired) electrons. The van der Waals surface area contributed by atoms with Crippen LogP contribution in [-0.2, 0) is 14.3 Å². The summed E-state index contributed by atoms with van der Waals surface area (Å²) in [5.41, 5.74) is 3.95. The molecule has 30 heavy (non-hydrogen) atoms. The molecule has 5 nitrogen and oxygen atoms in total. The van der Waals surface area contributed by atoms with Gasteiger partial charge in [0.25, 0.3) is 5.91 Å². The minimum absolute atomic E-state index is 0.0615. The van der Waals surface area contributed by atoms with E-state index in [9.17, 15) is 9.59 Å². The van der Waals surface area contributed by atoms with Gasteiger partial charge in [0.2, 0.25) is 0 Å². The van der Waals surface area contributed by atoms with Gasteiger partial charge in [-0.15, -0.1) is 11.3 Å². The molecule has 4 rings (SSSR count). The molecule has 1 amide bonds. The predicted molar refractivity (Wildman–Crippen MR) is 120 cm³/mol. The first-order valence-electron chi connectivity index (χ1n) is 10.4. The highest BCUT2D eigenvalue weighted by atomic mass is 32.1. The molecule has 1 aromatic heterocycles. The van der Waals surface area contributed by atoms with E-state index >= 15 is 0 Å². The number of carbonyl (C=O) groups is 2. The maximum absolute atomic E-state index is 12.8. The first-order valence-corrected chi connectivity index (χ1v) is 11.2. The maximum atomic E-state index is 12.8. The molecule has 0 spiro atoms. The summed E-state index contributed by atoms with van der Waals surface area (Å²) in [4.78, 5) is 29.9. The monoisotopic (exact) mass is 422 g/mol. The minimum atomic E-state index is -0.320. The third-order valence-corrected chi connectivity index (χ3v) is 7.00. The summed E-state index contributed by atoms with van der Waals surface area (Å²) in [6.45, 7) is 3.75. The van der Waals surface area contributed by atoms with Crippen molar-refractivity contribution < 1.29 is 14.3 Å². The molecular formula is C24H26N2O3S. The molecule has 2 aromatic carbocycles. The molecule has 0 bridgehead atoms. The van der Waals surface area contributed by atoms with Crippen LogP contribution in [0.4, 0.5) is 5.69 Å². The van der Waals surface area contributed by atoms with Gasteiger partial charge in [-0.1, -0.05) is 31.0 Å². The van der Waals surface area contributed by atoms with Gasteiger partial charge in [0, 0.05) is 11.6 Å². The van der Waals surface area contributed by atoms with Crippen molar-refractivity contribution >= 4 is 39.1 Å². The third kappa shape index (κ3) is 4.54. The molecular weight excluding hydrogens is 396 g/mol. The van der Waals surface area contributed by atoms with E-state index < -0.39 is 0 Å². The first-order chi connectivity index (χ1) is 14.5. The normalized spacial score (nSPS) is 18.9. The Morgan fingerprint density at radius 1 is 1.10 bits per heavy atom. The topological polar surface area (TPSA) is 68.3 Å². The van der Waals surface area contributed by atoms with Gasteiger partial charge in [0.15, 0.2) is 6.61 Å². The fourth-order valence-electron chi connectivity index (χ4n) is 4.02. The molecule has 2 atom stereocenters. The highest BCUT2D eigenvalue weighted by molar-refractivity contribution is 7.18. The molecule has 0 unspecified atom stereocenters. The molecule has 156 valence electrons.